The van der Waals surface area contributed by atoms with Gasteiger partial charge in [0, 0.05) is 5.92 Å². The maximum atomic E-state index is 12.3. The Balaban J connectivity index is 1.65. The summed E-state index contributed by atoms with van der Waals surface area (Å²) in [5, 5.41) is 2.50. The van der Waals surface area contributed by atoms with Crippen LogP contribution in [0.3, 0.4) is 0 Å². The van der Waals surface area contributed by atoms with E-state index in [0.717, 1.165) is 22.3 Å². The van der Waals surface area contributed by atoms with Gasteiger partial charge >= 0.3 is 6.09 Å². The summed E-state index contributed by atoms with van der Waals surface area (Å²) >= 11 is 0. The van der Waals surface area contributed by atoms with Gasteiger partial charge in [-0.15, -0.1) is 0 Å². The van der Waals surface area contributed by atoms with E-state index in [1.54, 1.807) is 0 Å². The van der Waals surface area contributed by atoms with Gasteiger partial charge in [0.25, 0.3) is 0 Å². The molecule has 0 saturated carbocycles. The number of carbonyl (C=O) groups is 2. The van der Waals surface area contributed by atoms with Gasteiger partial charge in [0.05, 0.1) is 12.2 Å². The van der Waals surface area contributed by atoms with Crippen LogP contribution in [0.15, 0.2) is 48.5 Å². The fraction of sp³-hybridized carbons (Fsp3) is 0.364. The van der Waals surface area contributed by atoms with Crippen LogP contribution in [0.1, 0.15) is 37.8 Å². The third-order valence-corrected chi connectivity index (χ3v) is 4.66. The van der Waals surface area contributed by atoms with Gasteiger partial charge in [0.2, 0.25) is 5.91 Å². The summed E-state index contributed by atoms with van der Waals surface area (Å²) in [5.41, 5.74) is 9.48. The predicted octanol–water partition coefficient (Wildman–Crippen LogP) is 3.19. The molecule has 6 heteroatoms. The van der Waals surface area contributed by atoms with E-state index in [1.165, 1.54) is 0 Å². The zero-order chi connectivity index (χ0) is 20.3. The van der Waals surface area contributed by atoms with E-state index in [2.05, 4.69) is 17.4 Å². The molecule has 0 heterocycles. The lowest BCUT2D eigenvalue weighted by molar-refractivity contribution is -0.123. The van der Waals surface area contributed by atoms with Crippen molar-refractivity contribution in [3.8, 4) is 11.1 Å². The van der Waals surface area contributed by atoms with Crippen molar-refractivity contribution >= 4 is 12.0 Å². The Hall–Kier alpha value is -2.86. The van der Waals surface area contributed by atoms with Crippen molar-refractivity contribution in [1.82, 2.24) is 5.32 Å². The third kappa shape index (κ3) is 4.51. The number of nitrogens with two attached hydrogens (primary N) is 1. The second kappa shape index (κ2) is 8.02. The Morgan fingerprint density at radius 3 is 2.07 bits per heavy atom. The van der Waals surface area contributed by atoms with Gasteiger partial charge in [-0.05, 0) is 43.0 Å². The van der Waals surface area contributed by atoms with Crippen molar-refractivity contribution in [1.29, 1.82) is 0 Å². The largest absolute Gasteiger partial charge is 0.449 e. The smallest absolute Gasteiger partial charge is 0.407 e. The quantitative estimate of drug-likeness (QED) is 0.803. The number of nitrogens with one attached hydrogen (secondary N) is 1. The van der Waals surface area contributed by atoms with Crippen LogP contribution in [0.2, 0.25) is 0 Å². The van der Waals surface area contributed by atoms with E-state index in [4.69, 9.17) is 15.2 Å². The molecule has 1 aliphatic rings. The van der Waals surface area contributed by atoms with Gasteiger partial charge in [-0.3, -0.25) is 4.79 Å². The van der Waals surface area contributed by atoms with Gasteiger partial charge < -0.3 is 20.5 Å². The Labute approximate surface area is 165 Å². The molecule has 0 spiro atoms. The predicted molar refractivity (Wildman–Crippen MR) is 107 cm³/mol. The van der Waals surface area contributed by atoms with Crippen LogP contribution in [-0.2, 0) is 14.3 Å². The molecule has 0 fully saturated rings. The number of fused-ring (bicyclic) bond motifs is 3. The summed E-state index contributed by atoms with van der Waals surface area (Å²) in [6, 6.07) is 15.2. The van der Waals surface area contributed by atoms with Crippen LogP contribution in [-0.4, -0.2) is 36.9 Å². The van der Waals surface area contributed by atoms with E-state index < -0.39 is 23.6 Å². The normalized spacial score (nSPS) is 14.1. The third-order valence-electron chi connectivity index (χ3n) is 4.66. The minimum Gasteiger partial charge on any atom is -0.449 e. The zero-order valence-electron chi connectivity index (χ0n) is 16.4. The van der Waals surface area contributed by atoms with E-state index in [1.807, 2.05) is 57.2 Å². The minimum atomic E-state index is -0.949. The molecule has 3 rings (SSSR count). The molecular weight excluding hydrogens is 356 g/mol. The van der Waals surface area contributed by atoms with E-state index >= 15 is 0 Å². The molecule has 0 aromatic heterocycles. The monoisotopic (exact) mass is 382 g/mol. The lowest BCUT2D eigenvalue weighted by atomic mass is 9.98. The fourth-order valence-electron chi connectivity index (χ4n) is 3.31. The molecule has 2 aromatic rings. The fourth-order valence-corrected chi connectivity index (χ4v) is 3.31. The minimum absolute atomic E-state index is 0.0109. The average Bonchev–Trinajstić information content (AvgIpc) is 2.96. The van der Waals surface area contributed by atoms with E-state index in [9.17, 15) is 9.59 Å². The molecule has 2 aromatic carbocycles. The molecule has 6 nitrogen and oxygen atoms in total. The maximum Gasteiger partial charge on any atom is 0.407 e. The van der Waals surface area contributed by atoms with Crippen molar-refractivity contribution in [2.45, 2.75) is 38.3 Å². The summed E-state index contributed by atoms with van der Waals surface area (Å²) in [4.78, 5) is 23.9. The number of rotatable bonds is 6. The Kier molecular flexibility index (Phi) is 5.70. The highest BCUT2D eigenvalue weighted by molar-refractivity contribution is 5.84. The molecule has 3 N–H and O–H groups in total. The van der Waals surface area contributed by atoms with Crippen LogP contribution in [0.5, 0.6) is 0 Å². The lowest BCUT2D eigenvalue weighted by Crippen LogP contribution is -2.48. The second-order valence-electron chi connectivity index (χ2n) is 7.85. The molecule has 0 aliphatic heterocycles. The van der Waals surface area contributed by atoms with Crippen molar-refractivity contribution in [2.24, 2.45) is 5.73 Å². The second-order valence-corrected chi connectivity index (χ2v) is 7.85. The van der Waals surface area contributed by atoms with Crippen LogP contribution >= 0.6 is 0 Å². The summed E-state index contributed by atoms with van der Waals surface area (Å²) in [6.07, 6.45) is -0.692. The summed E-state index contributed by atoms with van der Waals surface area (Å²) in [7, 11) is 0. The van der Waals surface area contributed by atoms with Crippen molar-refractivity contribution in [3.63, 3.8) is 0 Å². The first-order valence-corrected chi connectivity index (χ1v) is 9.31. The number of benzene rings is 2. The molecule has 0 bridgehead atoms. The number of hydrogen-bond donors (Lipinski definition) is 2. The van der Waals surface area contributed by atoms with Gasteiger partial charge in [-0.1, -0.05) is 48.5 Å². The average molecular weight is 382 g/mol. The van der Waals surface area contributed by atoms with Gasteiger partial charge in [0.15, 0.2) is 0 Å². The Bertz CT molecular complexity index is 827. The topological polar surface area (TPSA) is 90.7 Å². The number of alkyl carbamates (subject to hydrolysis) is 1. The molecule has 0 radical (unpaired) electrons. The molecule has 2 amide bonds. The van der Waals surface area contributed by atoms with Crippen molar-refractivity contribution in [2.75, 3.05) is 13.2 Å². The highest BCUT2D eigenvalue weighted by Gasteiger charge is 2.29. The van der Waals surface area contributed by atoms with Gasteiger partial charge in [-0.2, -0.15) is 0 Å². The first-order chi connectivity index (χ1) is 13.3. The van der Waals surface area contributed by atoms with E-state index in [-0.39, 0.29) is 19.1 Å². The first-order valence-electron chi connectivity index (χ1n) is 9.31. The van der Waals surface area contributed by atoms with Crippen LogP contribution in [0.25, 0.3) is 11.1 Å². The molecule has 1 aliphatic carbocycles. The number of amides is 2. The lowest BCUT2D eigenvalue weighted by Gasteiger charge is -2.23. The van der Waals surface area contributed by atoms with Crippen LogP contribution in [0.4, 0.5) is 4.79 Å². The number of hydrogen-bond acceptors (Lipinski definition) is 4. The first kappa shape index (κ1) is 19.9. The molecule has 1 atom stereocenters. The molecule has 148 valence electrons. The standard InChI is InChI=1S/C22H26N2O4/c1-22(2,3)28-13-19(20(23)25)24-21(26)27-12-18-16-10-6-4-8-14(16)15-9-5-7-11-17(15)18/h4-11,18-19H,12-13H2,1-3H3,(H2,23,25)(H,24,26)/t19-/m1/s1. The summed E-state index contributed by atoms with van der Waals surface area (Å²) in [5.74, 6) is -0.714. The molecule has 0 saturated heterocycles. The molecular formula is C22H26N2O4. The summed E-state index contributed by atoms with van der Waals surface area (Å²) < 4.78 is 11.0. The van der Waals surface area contributed by atoms with Gasteiger partial charge in [0.1, 0.15) is 12.6 Å². The highest BCUT2D eigenvalue weighted by Crippen LogP contribution is 2.44. The summed E-state index contributed by atoms with van der Waals surface area (Å²) in [6.45, 7) is 5.74. The molecule has 0 unspecified atom stereocenters. The van der Waals surface area contributed by atoms with Gasteiger partial charge in [-0.25, -0.2) is 4.79 Å². The maximum absolute atomic E-state index is 12.3. The van der Waals surface area contributed by atoms with Crippen molar-refractivity contribution < 1.29 is 19.1 Å². The van der Waals surface area contributed by atoms with Crippen molar-refractivity contribution in [3.05, 3.63) is 59.7 Å². The number of carbonyl (C=O) groups excluding carboxylic acids is 2. The SMILES string of the molecule is CC(C)(C)OC[C@@H](NC(=O)OCC1c2ccccc2-c2ccccc21)C(N)=O. The highest BCUT2D eigenvalue weighted by atomic mass is 16.5. The number of ether oxygens (including phenoxy) is 2. The molecule has 28 heavy (non-hydrogen) atoms. The Morgan fingerprint density at radius 2 is 1.57 bits per heavy atom. The zero-order valence-corrected chi connectivity index (χ0v) is 16.4. The Morgan fingerprint density at radius 1 is 1.04 bits per heavy atom. The van der Waals surface area contributed by atoms with E-state index in [0.29, 0.717) is 0 Å². The van der Waals surface area contributed by atoms with Crippen LogP contribution < -0.4 is 11.1 Å². The van der Waals surface area contributed by atoms with Crippen LogP contribution in [0, 0.1) is 0 Å². The number of primary amides is 1.